The van der Waals surface area contributed by atoms with Gasteiger partial charge in [-0.25, -0.2) is 0 Å². The van der Waals surface area contributed by atoms with Crippen molar-refractivity contribution in [1.29, 1.82) is 0 Å². The second-order valence-electron chi connectivity index (χ2n) is 4.94. The zero-order chi connectivity index (χ0) is 14.3. The van der Waals surface area contributed by atoms with Crippen LogP contribution in [0.4, 0.5) is 0 Å². The highest BCUT2D eigenvalue weighted by molar-refractivity contribution is 7.85. The first-order valence-corrected chi connectivity index (χ1v) is 7.95. The average Bonchev–Trinajstić information content (AvgIpc) is 2.35. The number of hydrogen-bond acceptors (Lipinski definition) is 4. The third kappa shape index (κ3) is 6.18. The minimum absolute atomic E-state index is 0.140. The quantitative estimate of drug-likeness (QED) is 0.755. The second-order valence-corrected chi connectivity index (χ2v) is 6.49. The van der Waals surface area contributed by atoms with E-state index in [1.165, 1.54) is 0 Å². The minimum atomic E-state index is -1.000. The van der Waals surface area contributed by atoms with E-state index in [-0.39, 0.29) is 12.4 Å². The van der Waals surface area contributed by atoms with Crippen molar-refractivity contribution in [3.8, 4) is 5.75 Å². The standard InChI is InChI=1S/C14H23NO3S/c1-11(2)9-19(17)10-13(16)8-18-14-6-4-3-5-12(14)7-15/h3-6,11,13,16H,7-10,15H2,1-2H3. The maximum absolute atomic E-state index is 11.7. The molecule has 1 aromatic rings. The van der Waals surface area contributed by atoms with Crippen LogP contribution in [-0.2, 0) is 17.3 Å². The van der Waals surface area contributed by atoms with Gasteiger partial charge in [0.25, 0.3) is 0 Å². The molecule has 1 rings (SSSR count). The molecule has 0 aliphatic carbocycles. The Kier molecular flexibility index (Phi) is 7.05. The third-order valence-corrected chi connectivity index (χ3v) is 4.32. The van der Waals surface area contributed by atoms with Crippen molar-refractivity contribution in [2.45, 2.75) is 26.5 Å². The van der Waals surface area contributed by atoms with Crippen molar-refractivity contribution >= 4 is 10.8 Å². The molecule has 0 saturated heterocycles. The van der Waals surface area contributed by atoms with E-state index in [0.29, 0.717) is 24.0 Å². The molecular formula is C14H23NO3S. The van der Waals surface area contributed by atoms with E-state index in [1.54, 1.807) is 0 Å². The topological polar surface area (TPSA) is 72.5 Å². The summed E-state index contributed by atoms with van der Waals surface area (Å²) in [6, 6.07) is 7.46. The lowest BCUT2D eigenvalue weighted by atomic mass is 10.2. The Morgan fingerprint density at radius 2 is 2.00 bits per heavy atom. The zero-order valence-corrected chi connectivity index (χ0v) is 12.4. The lowest BCUT2D eigenvalue weighted by molar-refractivity contribution is 0.125. The molecule has 0 fully saturated rings. The van der Waals surface area contributed by atoms with E-state index in [4.69, 9.17) is 10.5 Å². The molecule has 19 heavy (non-hydrogen) atoms. The molecular weight excluding hydrogens is 262 g/mol. The molecule has 0 aromatic heterocycles. The Balaban J connectivity index is 2.41. The second kappa shape index (κ2) is 8.30. The van der Waals surface area contributed by atoms with Gasteiger partial charge in [0.15, 0.2) is 0 Å². The Hall–Kier alpha value is -0.910. The van der Waals surface area contributed by atoms with Gasteiger partial charge in [-0.2, -0.15) is 0 Å². The van der Waals surface area contributed by atoms with Crippen LogP contribution in [0.15, 0.2) is 24.3 Å². The molecule has 5 heteroatoms. The number of para-hydroxylation sites is 1. The minimum Gasteiger partial charge on any atom is -0.491 e. The monoisotopic (exact) mass is 285 g/mol. The first kappa shape index (κ1) is 16.1. The summed E-state index contributed by atoms with van der Waals surface area (Å²) in [6.07, 6.45) is -0.717. The fourth-order valence-electron chi connectivity index (χ4n) is 1.70. The molecule has 4 nitrogen and oxygen atoms in total. The number of nitrogens with two attached hydrogens (primary N) is 1. The summed E-state index contributed by atoms with van der Waals surface area (Å²) in [5.74, 6) is 1.91. The summed E-state index contributed by atoms with van der Waals surface area (Å²) in [5, 5.41) is 9.81. The summed E-state index contributed by atoms with van der Waals surface area (Å²) in [6.45, 7) is 4.56. The summed E-state index contributed by atoms with van der Waals surface area (Å²) in [4.78, 5) is 0. The smallest absolute Gasteiger partial charge is 0.123 e. The number of aliphatic hydroxyl groups excluding tert-OH is 1. The summed E-state index contributed by atoms with van der Waals surface area (Å²) in [5.41, 5.74) is 6.50. The van der Waals surface area contributed by atoms with Crippen LogP contribution in [0.1, 0.15) is 19.4 Å². The number of aliphatic hydroxyl groups is 1. The molecule has 0 aliphatic heterocycles. The van der Waals surface area contributed by atoms with Crippen molar-refractivity contribution in [3.05, 3.63) is 29.8 Å². The van der Waals surface area contributed by atoms with Crippen molar-refractivity contribution in [2.24, 2.45) is 11.7 Å². The van der Waals surface area contributed by atoms with Crippen molar-refractivity contribution in [2.75, 3.05) is 18.1 Å². The number of benzene rings is 1. The van der Waals surface area contributed by atoms with Crippen LogP contribution < -0.4 is 10.5 Å². The van der Waals surface area contributed by atoms with Gasteiger partial charge in [-0.3, -0.25) is 4.21 Å². The maximum Gasteiger partial charge on any atom is 0.123 e. The van der Waals surface area contributed by atoms with Crippen LogP contribution in [0.2, 0.25) is 0 Å². The fraction of sp³-hybridized carbons (Fsp3) is 0.571. The van der Waals surface area contributed by atoms with E-state index >= 15 is 0 Å². The number of ether oxygens (including phenoxy) is 1. The number of hydrogen-bond donors (Lipinski definition) is 2. The van der Waals surface area contributed by atoms with E-state index in [0.717, 1.165) is 5.56 Å². The van der Waals surface area contributed by atoms with Gasteiger partial charge in [-0.15, -0.1) is 0 Å². The van der Waals surface area contributed by atoms with Gasteiger partial charge in [-0.1, -0.05) is 32.0 Å². The third-order valence-electron chi connectivity index (χ3n) is 2.52. The van der Waals surface area contributed by atoms with Crippen molar-refractivity contribution < 1.29 is 14.1 Å². The molecule has 1 aromatic carbocycles. The predicted molar refractivity (Wildman–Crippen MR) is 78.5 cm³/mol. The van der Waals surface area contributed by atoms with Gasteiger partial charge >= 0.3 is 0 Å². The average molecular weight is 285 g/mol. The fourth-order valence-corrected chi connectivity index (χ4v) is 3.11. The summed E-state index contributed by atoms with van der Waals surface area (Å²) < 4.78 is 17.2. The molecule has 0 heterocycles. The van der Waals surface area contributed by atoms with Crippen LogP contribution in [0.3, 0.4) is 0 Å². The van der Waals surface area contributed by atoms with Gasteiger partial charge in [0.1, 0.15) is 12.4 Å². The Bertz CT molecular complexity index is 409. The molecule has 108 valence electrons. The highest BCUT2D eigenvalue weighted by Gasteiger charge is 2.12. The normalized spacial score (nSPS) is 14.4. The van der Waals surface area contributed by atoms with Gasteiger partial charge in [0.05, 0.1) is 11.9 Å². The Morgan fingerprint density at radius 3 is 2.63 bits per heavy atom. The lowest BCUT2D eigenvalue weighted by Gasteiger charge is -2.14. The highest BCUT2D eigenvalue weighted by atomic mass is 32.2. The van der Waals surface area contributed by atoms with Crippen LogP contribution >= 0.6 is 0 Å². The molecule has 2 unspecified atom stereocenters. The van der Waals surface area contributed by atoms with Gasteiger partial charge in [-0.05, 0) is 12.0 Å². The lowest BCUT2D eigenvalue weighted by Crippen LogP contribution is -2.26. The molecule has 0 bridgehead atoms. The van der Waals surface area contributed by atoms with Crippen molar-refractivity contribution in [1.82, 2.24) is 0 Å². The van der Waals surface area contributed by atoms with Crippen LogP contribution in [0.25, 0.3) is 0 Å². The van der Waals surface area contributed by atoms with Crippen LogP contribution in [0.5, 0.6) is 5.75 Å². The predicted octanol–water partition coefficient (Wildman–Crippen LogP) is 1.29. The molecule has 0 radical (unpaired) electrons. The molecule has 3 N–H and O–H groups in total. The zero-order valence-electron chi connectivity index (χ0n) is 11.5. The maximum atomic E-state index is 11.7. The van der Waals surface area contributed by atoms with Crippen LogP contribution in [-0.4, -0.2) is 33.5 Å². The van der Waals surface area contributed by atoms with Crippen molar-refractivity contribution in [3.63, 3.8) is 0 Å². The van der Waals surface area contributed by atoms with E-state index in [9.17, 15) is 9.32 Å². The van der Waals surface area contributed by atoms with Gasteiger partial charge in [0.2, 0.25) is 0 Å². The highest BCUT2D eigenvalue weighted by Crippen LogP contribution is 2.17. The van der Waals surface area contributed by atoms with Crippen LogP contribution in [0, 0.1) is 5.92 Å². The molecule has 2 atom stereocenters. The Morgan fingerprint density at radius 1 is 1.32 bits per heavy atom. The molecule has 0 saturated carbocycles. The van der Waals surface area contributed by atoms with E-state index < -0.39 is 16.9 Å². The molecule has 0 spiro atoms. The van der Waals surface area contributed by atoms with Gasteiger partial charge < -0.3 is 15.6 Å². The first-order chi connectivity index (χ1) is 9.02. The molecule has 0 amide bonds. The largest absolute Gasteiger partial charge is 0.491 e. The first-order valence-electron chi connectivity index (χ1n) is 6.46. The molecule has 0 aliphatic rings. The summed E-state index contributed by atoms with van der Waals surface area (Å²) >= 11 is 0. The number of rotatable bonds is 8. The SMILES string of the molecule is CC(C)CS(=O)CC(O)COc1ccccc1CN. The van der Waals surface area contributed by atoms with Gasteiger partial charge in [0, 0.05) is 28.7 Å². The summed E-state index contributed by atoms with van der Waals surface area (Å²) in [7, 11) is -1.000. The Labute approximate surface area is 117 Å². The van der Waals surface area contributed by atoms with E-state index in [2.05, 4.69) is 0 Å². The van der Waals surface area contributed by atoms with E-state index in [1.807, 2.05) is 38.1 Å².